The summed E-state index contributed by atoms with van der Waals surface area (Å²) in [5.41, 5.74) is 0.768. The van der Waals surface area contributed by atoms with Crippen LogP contribution in [0.4, 0.5) is 0 Å². The Labute approximate surface area is 95.6 Å². The van der Waals surface area contributed by atoms with Crippen molar-refractivity contribution >= 4 is 15.6 Å². The highest BCUT2D eigenvalue weighted by molar-refractivity contribution is 7.92. The summed E-state index contributed by atoms with van der Waals surface area (Å²) in [5, 5.41) is 0. The Morgan fingerprint density at radius 3 is 2.62 bits per heavy atom. The zero-order chi connectivity index (χ0) is 12.2. The topological polar surface area (TPSA) is 64.1 Å². The molecular formula is C11H15NO3S. The monoisotopic (exact) mass is 241 g/mol. The van der Waals surface area contributed by atoms with E-state index in [1.807, 2.05) is 6.92 Å². The molecule has 0 fully saturated rings. The van der Waals surface area contributed by atoms with E-state index in [4.69, 9.17) is 0 Å². The number of aromatic nitrogens is 1. The first-order valence-electron chi connectivity index (χ1n) is 5.12. The first kappa shape index (κ1) is 12.8. The summed E-state index contributed by atoms with van der Waals surface area (Å²) in [6.45, 7) is 3.61. The fraction of sp³-hybridized carbons (Fsp3) is 0.455. The lowest BCUT2D eigenvalue weighted by Gasteiger charge is -2.03. The number of rotatable bonds is 5. The highest BCUT2D eigenvalue weighted by atomic mass is 32.2. The third kappa shape index (κ3) is 3.41. The molecule has 1 aromatic heterocycles. The molecule has 4 nitrogen and oxygen atoms in total. The minimum absolute atomic E-state index is 0.122. The van der Waals surface area contributed by atoms with Gasteiger partial charge in [-0.1, -0.05) is 6.92 Å². The average Bonchev–Trinajstić information content (AvgIpc) is 2.17. The molecule has 0 bridgehead atoms. The Hall–Kier alpha value is -1.23. The molecule has 0 radical (unpaired) electrons. The van der Waals surface area contributed by atoms with Crippen LogP contribution in [0.25, 0.3) is 0 Å². The van der Waals surface area contributed by atoms with Crippen molar-refractivity contribution in [1.29, 1.82) is 0 Å². The van der Waals surface area contributed by atoms with Gasteiger partial charge in [0.15, 0.2) is 9.84 Å². The van der Waals surface area contributed by atoms with E-state index in [-0.39, 0.29) is 10.7 Å². The maximum atomic E-state index is 11.8. The van der Waals surface area contributed by atoms with E-state index in [1.54, 1.807) is 13.1 Å². The molecule has 0 N–H and O–H groups in total. The van der Waals surface area contributed by atoms with Gasteiger partial charge in [-0.3, -0.25) is 9.78 Å². The zero-order valence-corrected chi connectivity index (χ0v) is 10.3. The van der Waals surface area contributed by atoms with E-state index in [0.29, 0.717) is 12.8 Å². The fourth-order valence-electron chi connectivity index (χ4n) is 1.34. The highest BCUT2D eigenvalue weighted by Crippen LogP contribution is 2.12. The number of carbonyl (C=O) groups is 1. The van der Waals surface area contributed by atoms with Crippen LogP contribution in [0.3, 0.4) is 0 Å². The van der Waals surface area contributed by atoms with E-state index in [1.165, 1.54) is 12.3 Å². The van der Waals surface area contributed by atoms with Crippen molar-refractivity contribution in [3.63, 3.8) is 0 Å². The van der Waals surface area contributed by atoms with Crippen molar-refractivity contribution in [2.45, 2.75) is 31.6 Å². The van der Waals surface area contributed by atoms with Crippen molar-refractivity contribution in [1.82, 2.24) is 4.98 Å². The fourth-order valence-corrected chi connectivity index (χ4v) is 2.67. The van der Waals surface area contributed by atoms with E-state index in [2.05, 4.69) is 4.98 Å². The molecule has 0 saturated heterocycles. The summed E-state index contributed by atoms with van der Waals surface area (Å²) >= 11 is 0. The van der Waals surface area contributed by atoms with Gasteiger partial charge < -0.3 is 0 Å². The Bertz CT molecular complexity index is 480. The molecule has 1 heterocycles. The first-order chi connectivity index (χ1) is 7.45. The lowest BCUT2D eigenvalue weighted by atomic mass is 10.3. The maximum absolute atomic E-state index is 11.8. The normalized spacial score (nSPS) is 11.4. The standard InChI is InChI=1S/C11H15NO3S/c1-3-4-10(13)8-16(14,15)11-5-9(2)6-12-7-11/h5-7H,3-4,8H2,1-2H3. The van der Waals surface area contributed by atoms with E-state index < -0.39 is 15.6 Å². The maximum Gasteiger partial charge on any atom is 0.186 e. The quantitative estimate of drug-likeness (QED) is 0.784. The van der Waals surface area contributed by atoms with Gasteiger partial charge in [0.1, 0.15) is 11.5 Å². The molecule has 0 aliphatic carbocycles. The molecule has 0 saturated carbocycles. The van der Waals surface area contributed by atoms with Gasteiger partial charge in [0, 0.05) is 18.8 Å². The highest BCUT2D eigenvalue weighted by Gasteiger charge is 2.18. The second-order valence-corrected chi connectivity index (χ2v) is 5.74. The molecule has 0 aliphatic rings. The molecule has 0 spiro atoms. The van der Waals surface area contributed by atoms with Crippen LogP contribution < -0.4 is 0 Å². The van der Waals surface area contributed by atoms with Gasteiger partial charge in [-0.2, -0.15) is 0 Å². The van der Waals surface area contributed by atoms with Crippen molar-refractivity contribution in [2.75, 3.05) is 5.75 Å². The van der Waals surface area contributed by atoms with Crippen LogP contribution in [0.15, 0.2) is 23.4 Å². The van der Waals surface area contributed by atoms with E-state index in [9.17, 15) is 13.2 Å². The number of aryl methyl sites for hydroxylation is 1. The molecule has 16 heavy (non-hydrogen) atoms. The third-order valence-electron chi connectivity index (χ3n) is 2.09. The van der Waals surface area contributed by atoms with Crippen molar-refractivity contribution in [2.24, 2.45) is 0 Å². The smallest absolute Gasteiger partial charge is 0.186 e. The predicted molar refractivity (Wildman–Crippen MR) is 60.9 cm³/mol. The lowest BCUT2D eigenvalue weighted by molar-refractivity contribution is -0.116. The van der Waals surface area contributed by atoms with E-state index in [0.717, 1.165) is 5.56 Å². The van der Waals surface area contributed by atoms with Gasteiger partial charge in [0.25, 0.3) is 0 Å². The number of nitrogens with zero attached hydrogens (tertiary/aromatic N) is 1. The molecule has 0 atom stereocenters. The summed E-state index contributed by atoms with van der Waals surface area (Å²) < 4.78 is 23.6. The lowest BCUT2D eigenvalue weighted by Crippen LogP contribution is -2.16. The first-order valence-corrected chi connectivity index (χ1v) is 6.77. The van der Waals surface area contributed by atoms with Gasteiger partial charge in [-0.15, -0.1) is 0 Å². The Morgan fingerprint density at radius 2 is 2.06 bits per heavy atom. The van der Waals surface area contributed by atoms with Crippen LogP contribution in [0.1, 0.15) is 25.3 Å². The van der Waals surface area contributed by atoms with Crippen LogP contribution >= 0.6 is 0 Å². The second kappa shape index (κ2) is 5.21. The summed E-state index contributed by atoms with van der Waals surface area (Å²) in [6.07, 6.45) is 3.83. The molecule has 5 heteroatoms. The summed E-state index contributed by atoms with van der Waals surface area (Å²) in [5.74, 6) is -0.671. The third-order valence-corrected chi connectivity index (χ3v) is 3.73. The summed E-state index contributed by atoms with van der Waals surface area (Å²) in [4.78, 5) is 15.3. The van der Waals surface area contributed by atoms with Crippen LogP contribution in [0.5, 0.6) is 0 Å². The van der Waals surface area contributed by atoms with Gasteiger partial charge in [0.2, 0.25) is 0 Å². The number of hydrogen-bond acceptors (Lipinski definition) is 4. The molecule has 0 aromatic carbocycles. The van der Waals surface area contributed by atoms with Crippen molar-refractivity contribution in [3.8, 4) is 0 Å². The molecule has 0 unspecified atom stereocenters. The zero-order valence-electron chi connectivity index (χ0n) is 9.43. The van der Waals surface area contributed by atoms with Crippen LogP contribution in [-0.4, -0.2) is 24.9 Å². The SMILES string of the molecule is CCCC(=O)CS(=O)(=O)c1cncc(C)c1. The van der Waals surface area contributed by atoms with Crippen molar-refractivity contribution < 1.29 is 13.2 Å². The van der Waals surface area contributed by atoms with Gasteiger partial charge in [0.05, 0.1) is 4.90 Å². The molecule has 0 amide bonds. The molecule has 1 aromatic rings. The van der Waals surface area contributed by atoms with Gasteiger partial charge in [-0.25, -0.2) is 8.42 Å². The average molecular weight is 241 g/mol. The number of Topliss-reactive ketones (excluding diaryl/α,β-unsaturated/α-hetero) is 1. The Balaban J connectivity index is 2.90. The largest absolute Gasteiger partial charge is 0.299 e. The number of sulfone groups is 1. The minimum Gasteiger partial charge on any atom is -0.299 e. The Morgan fingerprint density at radius 1 is 1.38 bits per heavy atom. The molecule has 88 valence electrons. The summed E-state index contributed by atoms with van der Waals surface area (Å²) in [6, 6.07) is 1.53. The van der Waals surface area contributed by atoms with Crippen LogP contribution in [-0.2, 0) is 14.6 Å². The number of hydrogen-bond donors (Lipinski definition) is 0. The summed E-state index contributed by atoms with van der Waals surface area (Å²) in [7, 11) is -3.52. The molecule has 1 rings (SSSR count). The molecular weight excluding hydrogens is 226 g/mol. The van der Waals surface area contributed by atoms with Crippen LogP contribution in [0, 0.1) is 6.92 Å². The van der Waals surface area contributed by atoms with Crippen molar-refractivity contribution in [3.05, 3.63) is 24.0 Å². The molecule has 0 aliphatic heterocycles. The Kier molecular flexibility index (Phi) is 4.18. The number of ketones is 1. The van der Waals surface area contributed by atoms with Gasteiger partial charge in [-0.05, 0) is 25.0 Å². The predicted octanol–water partition coefficient (Wildman–Crippen LogP) is 1.53. The van der Waals surface area contributed by atoms with Gasteiger partial charge >= 0.3 is 0 Å². The minimum atomic E-state index is -3.52. The number of carbonyl (C=O) groups excluding carboxylic acids is 1. The van der Waals surface area contributed by atoms with E-state index >= 15 is 0 Å². The number of pyridine rings is 1. The second-order valence-electron chi connectivity index (χ2n) is 3.75. The van der Waals surface area contributed by atoms with Crippen LogP contribution in [0.2, 0.25) is 0 Å².